The van der Waals surface area contributed by atoms with E-state index in [1.54, 1.807) is 24.3 Å². The Labute approximate surface area is 114 Å². The molecule has 0 saturated carbocycles. The second-order valence-electron chi connectivity index (χ2n) is 4.50. The summed E-state index contributed by atoms with van der Waals surface area (Å²) in [7, 11) is 0. The highest BCUT2D eigenvalue weighted by Gasteiger charge is 2.13. The van der Waals surface area contributed by atoms with Crippen molar-refractivity contribution in [1.29, 1.82) is 0 Å². The maximum atomic E-state index is 12.3. The van der Waals surface area contributed by atoms with Crippen molar-refractivity contribution in [3.05, 3.63) is 29.8 Å². The Hall–Kier alpha value is -1.84. The molecule has 1 N–H and O–H groups in total. The van der Waals surface area contributed by atoms with Crippen molar-refractivity contribution in [2.45, 2.75) is 33.6 Å². The highest BCUT2D eigenvalue weighted by atomic mass is 16.2. The second-order valence-corrected chi connectivity index (χ2v) is 4.50. The van der Waals surface area contributed by atoms with Gasteiger partial charge in [0.2, 0.25) is 5.91 Å². The Balaban J connectivity index is 2.82. The van der Waals surface area contributed by atoms with Gasteiger partial charge in [-0.05, 0) is 31.5 Å². The lowest BCUT2D eigenvalue weighted by atomic mass is 10.1. The van der Waals surface area contributed by atoms with Crippen LogP contribution in [0.25, 0.3) is 0 Å². The summed E-state index contributed by atoms with van der Waals surface area (Å²) in [5, 5.41) is 2.69. The maximum absolute atomic E-state index is 12.3. The van der Waals surface area contributed by atoms with Crippen LogP contribution in [0.3, 0.4) is 0 Å². The number of unbranched alkanes of at least 4 members (excludes halogenated alkanes) is 1. The SMILES string of the molecule is CCCCN(CC)C(=O)c1cccc(NC(C)=O)c1. The quantitative estimate of drug-likeness (QED) is 0.857. The smallest absolute Gasteiger partial charge is 0.253 e. The molecule has 0 bridgehead atoms. The molecule has 4 nitrogen and oxygen atoms in total. The summed E-state index contributed by atoms with van der Waals surface area (Å²) in [5.41, 5.74) is 1.27. The molecule has 0 atom stereocenters. The summed E-state index contributed by atoms with van der Waals surface area (Å²) in [4.78, 5) is 25.2. The third-order valence-electron chi connectivity index (χ3n) is 2.88. The molecule has 0 aliphatic rings. The third-order valence-corrected chi connectivity index (χ3v) is 2.88. The first-order chi connectivity index (χ1) is 9.08. The van der Waals surface area contributed by atoms with Crippen LogP contribution in [-0.2, 0) is 4.79 Å². The van der Waals surface area contributed by atoms with Crippen molar-refractivity contribution in [1.82, 2.24) is 4.90 Å². The highest BCUT2D eigenvalue weighted by Crippen LogP contribution is 2.13. The molecule has 0 heterocycles. The fourth-order valence-corrected chi connectivity index (χ4v) is 1.87. The van der Waals surface area contributed by atoms with E-state index >= 15 is 0 Å². The van der Waals surface area contributed by atoms with Gasteiger partial charge in [-0.2, -0.15) is 0 Å². The van der Waals surface area contributed by atoms with Gasteiger partial charge < -0.3 is 10.2 Å². The van der Waals surface area contributed by atoms with Gasteiger partial charge >= 0.3 is 0 Å². The number of nitrogens with one attached hydrogen (secondary N) is 1. The van der Waals surface area contributed by atoms with Crippen LogP contribution < -0.4 is 5.32 Å². The van der Waals surface area contributed by atoms with Gasteiger partial charge in [-0.15, -0.1) is 0 Å². The van der Waals surface area contributed by atoms with E-state index < -0.39 is 0 Å². The fraction of sp³-hybridized carbons (Fsp3) is 0.467. The van der Waals surface area contributed by atoms with Crippen LogP contribution in [0.2, 0.25) is 0 Å². The molecule has 4 heteroatoms. The molecule has 19 heavy (non-hydrogen) atoms. The molecule has 0 radical (unpaired) electrons. The van der Waals surface area contributed by atoms with Gasteiger partial charge in [-0.1, -0.05) is 19.4 Å². The number of carbonyl (C=O) groups is 2. The van der Waals surface area contributed by atoms with Crippen LogP contribution in [0.4, 0.5) is 5.69 Å². The number of anilines is 1. The zero-order valence-corrected chi connectivity index (χ0v) is 11.9. The molecular weight excluding hydrogens is 240 g/mol. The van der Waals surface area contributed by atoms with Crippen LogP contribution in [0.15, 0.2) is 24.3 Å². The van der Waals surface area contributed by atoms with Crippen molar-refractivity contribution < 1.29 is 9.59 Å². The number of hydrogen-bond donors (Lipinski definition) is 1. The van der Waals surface area contributed by atoms with Crippen LogP contribution >= 0.6 is 0 Å². The molecule has 0 fully saturated rings. The summed E-state index contributed by atoms with van der Waals surface area (Å²) >= 11 is 0. The van der Waals surface area contributed by atoms with Crippen molar-refractivity contribution >= 4 is 17.5 Å². The van der Waals surface area contributed by atoms with Crippen LogP contribution in [0.1, 0.15) is 44.0 Å². The van der Waals surface area contributed by atoms with Crippen molar-refractivity contribution in [3.8, 4) is 0 Å². The lowest BCUT2D eigenvalue weighted by Crippen LogP contribution is -2.31. The molecule has 0 aliphatic heterocycles. The Morgan fingerprint density at radius 2 is 2.00 bits per heavy atom. The van der Waals surface area contributed by atoms with Gasteiger partial charge in [-0.25, -0.2) is 0 Å². The summed E-state index contributed by atoms with van der Waals surface area (Å²) < 4.78 is 0. The molecule has 104 valence electrons. The highest BCUT2D eigenvalue weighted by molar-refractivity contribution is 5.96. The predicted octanol–water partition coefficient (Wildman–Crippen LogP) is 2.91. The first-order valence-electron chi connectivity index (χ1n) is 6.75. The lowest BCUT2D eigenvalue weighted by molar-refractivity contribution is -0.114. The Bertz CT molecular complexity index is 444. The first kappa shape index (κ1) is 15.2. The summed E-state index contributed by atoms with van der Waals surface area (Å²) in [6.07, 6.45) is 2.07. The number of benzene rings is 1. The summed E-state index contributed by atoms with van der Waals surface area (Å²) in [6.45, 7) is 7.01. The van der Waals surface area contributed by atoms with Gasteiger partial charge in [-0.3, -0.25) is 9.59 Å². The minimum atomic E-state index is -0.136. The molecule has 1 aromatic carbocycles. The van der Waals surface area contributed by atoms with E-state index in [1.165, 1.54) is 6.92 Å². The van der Waals surface area contributed by atoms with Gasteiger partial charge in [0.15, 0.2) is 0 Å². The van der Waals surface area contributed by atoms with Crippen LogP contribution in [0.5, 0.6) is 0 Å². The summed E-state index contributed by atoms with van der Waals surface area (Å²) in [5.74, 6) is -0.119. The van der Waals surface area contributed by atoms with E-state index in [2.05, 4.69) is 12.2 Å². The minimum Gasteiger partial charge on any atom is -0.339 e. The van der Waals surface area contributed by atoms with Crippen LogP contribution in [-0.4, -0.2) is 29.8 Å². The van der Waals surface area contributed by atoms with E-state index in [0.717, 1.165) is 19.4 Å². The molecule has 2 amide bonds. The van der Waals surface area contributed by atoms with Gasteiger partial charge in [0.05, 0.1) is 0 Å². The topological polar surface area (TPSA) is 49.4 Å². The minimum absolute atomic E-state index is 0.0168. The number of amides is 2. The molecule has 1 rings (SSSR count). The number of nitrogens with zero attached hydrogens (tertiary/aromatic N) is 1. The third kappa shape index (κ3) is 4.73. The Morgan fingerprint density at radius 1 is 1.26 bits per heavy atom. The van der Waals surface area contributed by atoms with Crippen molar-refractivity contribution in [2.24, 2.45) is 0 Å². The zero-order valence-electron chi connectivity index (χ0n) is 11.9. The van der Waals surface area contributed by atoms with Crippen molar-refractivity contribution in [3.63, 3.8) is 0 Å². The Kier molecular flexibility index (Phi) is 6.06. The second kappa shape index (κ2) is 7.56. The fourth-order valence-electron chi connectivity index (χ4n) is 1.87. The van der Waals surface area contributed by atoms with E-state index in [4.69, 9.17) is 0 Å². The molecule has 0 saturated heterocycles. The van der Waals surface area contributed by atoms with Crippen LogP contribution in [0, 0.1) is 0 Å². The van der Waals surface area contributed by atoms with E-state index in [9.17, 15) is 9.59 Å². The molecular formula is C15H22N2O2. The summed E-state index contributed by atoms with van der Waals surface area (Å²) in [6, 6.07) is 7.06. The monoisotopic (exact) mass is 262 g/mol. The van der Waals surface area contributed by atoms with E-state index in [-0.39, 0.29) is 11.8 Å². The predicted molar refractivity (Wildman–Crippen MR) is 77.2 cm³/mol. The van der Waals surface area contributed by atoms with Gasteiger partial charge in [0, 0.05) is 31.3 Å². The zero-order chi connectivity index (χ0) is 14.3. The average molecular weight is 262 g/mol. The average Bonchev–Trinajstić information content (AvgIpc) is 2.39. The lowest BCUT2D eigenvalue weighted by Gasteiger charge is -2.21. The number of carbonyl (C=O) groups excluding carboxylic acids is 2. The largest absolute Gasteiger partial charge is 0.339 e. The molecule has 0 spiro atoms. The standard InChI is InChI=1S/C15H22N2O2/c1-4-6-10-17(5-2)15(19)13-8-7-9-14(11-13)16-12(3)18/h7-9,11H,4-6,10H2,1-3H3,(H,16,18). The van der Waals surface area contributed by atoms with E-state index in [0.29, 0.717) is 17.8 Å². The number of rotatable bonds is 6. The molecule has 0 unspecified atom stereocenters. The molecule has 0 aliphatic carbocycles. The van der Waals surface area contributed by atoms with Gasteiger partial charge in [0.25, 0.3) is 5.91 Å². The normalized spacial score (nSPS) is 10.1. The number of hydrogen-bond acceptors (Lipinski definition) is 2. The Morgan fingerprint density at radius 3 is 2.58 bits per heavy atom. The van der Waals surface area contributed by atoms with E-state index in [1.807, 2.05) is 11.8 Å². The maximum Gasteiger partial charge on any atom is 0.253 e. The van der Waals surface area contributed by atoms with Gasteiger partial charge in [0.1, 0.15) is 0 Å². The molecule has 0 aromatic heterocycles. The molecule has 1 aromatic rings. The first-order valence-corrected chi connectivity index (χ1v) is 6.75. The van der Waals surface area contributed by atoms with Crippen molar-refractivity contribution in [2.75, 3.05) is 18.4 Å².